The molecule has 3 heterocycles. The summed E-state index contributed by atoms with van der Waals surface area (Å²) in [7, 11) is -1.08. The van der Waals surface area contributed by atoms with E-state index in [0.717, 1.165) is 0 Å². The van der Waals surface area contributed by atoms with Crippen molar-refractivity contribution in [1.82, 2.24) is 29.7 Å². The van der Waals surface area contributed by atoms with Crippen molar-refractivity contribution in [3.8, 4) is 17.4 Å². The molecule has 0 bridgehead atoms. The zero-order chi connectivity index (χ0) is 24.2. The SMILES string of the molecule is CCC(C)n1c(NS(=O)(=O)C(C)C(OC)c2ncc(Cl)cn2)nnc1-c1cccc(OC)n1. The van der Waals surface area contributed by atoms with E-state index in [1.54, 1.807) is 22.8 Å². The number of rotatable bonds is 10. The van der Waals surface area contributed by atoms with Crippen LogP contribution in [0.2, 0.25) is 5.02 Å². The van der Waals surface area contributed by atoms with E-state index in [2.05, 4.69) is 29.9 Å². The van der Waals surface area contributed by atoms with Gasteiger partial charge >= 0.3 is 0 Å². The molecule has 0 aliphatic rings. The Morgan fingerprint density at radius 3 is 2.45 bits per heavy atom. The summed E-state index contributed by atoms with van der Waals surface area (Å²) in [6, 6.07) is 5.12. The zero-order valence-electron chi connectivity index (χ0n) is 18.9. The highest BCUT2D eigenvalue weighted by atomic mass is 35.5. The van der Waals surface area contributed by atoms with Crippen molar-refractivity contribution in [3.63, 3.8) is 0 Å². The van der Waals surface area contributed by atoms with Crippen LogP contribution in [0.5, 0.6) is 5.88 Å². The number of pyridine rings is 1. The first-order valence-electron chi connectivity index (χ1n) is 10.2. The quantitative estimate of drug-likeness (QED) is 0.449. The Bertz CT molecular complexity index is 1190. The van der Waals surface area contributed by atoms with E-state index in [0.29, 0.717) is 28.8 Å². The Kier molecular flexibility index (Phi) is 7.82. The molecule has 0 spiro atoms. The van der Waals surface area contributed by atoms with E-state index in [1.807, 2.05) is 13.8 Å². The molecule has 178 valence electrons. The highest BCUT2D eigenvalue weighted by Gasteiger charge is 2.34. The Morgan fingerprint density at radius 2 is 1.85 bits per heavy atom. The molecule has 1 N–H and O–H groups in total. The average molecular weight is 496 g/mol. The van der Waals surface area contributed by atoms with E-state index < -0.39 is 21.4 Å². The maximum absolute atomic E-state index is 13.3. The molecule has 3 aromatic rings. The van der Waals surface area contributed by atoms with Crippen LogP contribution in [0.1, 0.15) is 45.2 Å². The number of aromatic nitrogens is 6. The molecule has 0 radical (unpaired) electrons. The second kappa shape index (κ2) is 10.4. The molecule has 13 heteroatoms. The third-order valence-corrected chi connectivity index (χ3v) is 7.08. The molecular weight excluding hydrogens is 470 g/mol. The van der Waals surface area contributed by atoms with Gasteiger partial charge in [0.25, 0.3) is 0 Å². The average Bonchev–Trinajstić information content (AvgIpc) is 3.23. The summed E-state index contributed by atoms with van der Waals surface area (Å²) in [6.45, 7) is 5.42. The monoisotopic (exact) mass is 495 g/mol. The van der Waals surface area contributed by atoms with Crippen LogP contribution in [0.25, 0.3) is 11.5 Å². The number of hydrogen-bond acceptors (Lipinski definition) is 9. The number of hydrogen-bond donors (Lipinski definition) is 1. The molecule has 0 saturated heterocycles. The van der Waals surface area contributed by atoms with Crippen molar-refractivity contribution in [2.75, 3.05) is 18.9 Å². The lowest BCUT2D eigenvalue weighted by atomic mass is 10.2. The van der Waals surface area contributed by atoms with Crippen LogP contribution < -0.4 is 9.46 Å². The molecule has 0 fully saturated rings. The number of nitrogens with one attached hydrogen (secondary N) is 1. The van der Waals surface area contributed by atoms with Crippen molar-refractivity contribution in [1.29, 1.82) is 0 Å². The van der Waals surface area contributed by atoms with Crippen LogP contribution in [-0.2, 0) is 14.8 Å². The summed E-state index contributed by atoms with van der Waals surface area (Å²) in [5.74, 6) is 1.10. The molecule has 3 aromatic heterocycles. The number of ether oxygens (including phenoxy) is 2. The summed E-state index contributed by atoms with van der Waals surface area (Å²) in [5, 5.41) is 7.60. The summed E-state index contributed by atoms with van der Waals surface area (Å²) in [5.41, 5.74) is 0.505. The van der Waals surface area contributed by atoms with Crippen LogP contribution in [0.15, 0.2) is 30.6 Å². The first kappa shape index (κ1) is 24.8. The number of halogens is 1. The standard InChI is InChI=1S/C20H26ClN7O4S/c1-6-12(2)28-19(15-8-7-9-16(24-15)31-4)25-26-20(28)27-33(29,30)13(3)17(32-5)18-22-10-14(21)11-23-18/h7-13,17H,6H2,1-5H3,(H,26,27). The van der Waals surface area contributed by atoms with Crippen LogP contribution in [-0.4, -0.2) is 57.6 Å². The molecule has 0 aliphatic heterocycles. The fourth-order valence-electron chi connectivity index (χ4n) is 3.15. The van der Waals surface area contributed by atoms with E-state index in [4.69, 9.17) is 21.1 Å². The molecule has 0 aromatic carbocycles. The number of methoxy groups -OCH3 is 2. The van der Waals surface area contributed by atoms with E-state index in [1.165, 1.54) is 33.5 Å². The largest absolute Gasteiger partial charge is 0.481 e. The lowest BCUT2D eigenvalue weighted by Gasteiger charge is -2.23. The second-order valence-corrected chi connectivity index (χ2v) is 9.78. The van der Waals surface area contributed by atoms with Crippen molar-refractivity contribution in [3.05, 3.63) is 41.4 Å². The fraction of sp³-hybridized carbons (Fsp3) is 0.450. The molecule has 3 atom stereocenters. The topological polar surface area (TPSA) is 134 Å². The van der Waals surface area contributed by atoms with Gasteiger partial charge in [-0.05, 0) is 26.3 Å². The van der Waals surface area contributed by atoms with Gasteiger partial charge in [0.2, 0.25) is 21.9 Å². The van der Waals surface area contributed by atoms with Gasteiger partial charge in [-0.1, -0.05) is 24.6 Å². The fourth-order valence-corrected chi connectivity index (χ4v) is 4.38. The van der Waals surface area contributed by atoms with Gasteiger partial charge < -0.3 is 9.47 Å². The Hall–Kier alpha value is -2.83. The van der Waals surface area contributed by atoms with Gasteiger partial charge in [-0.3, -0.25) is 9.29 Å². The zero-order valence-corrected chi connectivity index (χ0v) is 20.5. The molecule has 3 rings (SSSR count). The van der Waals surface area contributed by atoms with Gasteiger partial charge in [-0.15, -0.1) is 10.2 Å². The Morgan fingerprint density at radius 1 is 1.15 bits per heavy atom. The van der Waals surface area contributed by atoms with Gasteiger partial charge in [0.05, 0.1) is 12.1 Å². The molecule has 0 saturated carbocycles. The van der Waals surface area contributed by atoms with E-state index >= 15 is 0 Å². The first-order chi connectivity index (χ1) is 15.7. The highest BCUT2D eigenvalue weighted by Crippen LogP contribution is 2.29. The molecular formula is C20H26ClN7O4S. The Labute approximate surface area is 197 Å². The van der Waals surface area contributed by atoms with Crippen LogP contribution in [0, 0.1) is 0 Å². The van der Waals surface area contributed by atoms with Gasteiger partial charge in [0.15, 0.2) is 11.6 Å². The van der Waals surface area contributed by atoms with Crippen molar-refractivity contribution in [2.45, 2.75) is 44.6 Å². The number of sulfonamides is 1. The summed E-state index contributed by atoms with van der Waals surface area (Å²) >= 11 is 5.84. The highest BCUT2D eigenvalue weighted by molar-refractivity contribution is 7.93. The van der Waals surface area contributed by atoms with Gasteiger partial charge in [0, 0.05) is 31.6 Å². The van der Waals surface area contributed by atoms with Crippen molar-refractivity contribution < 1.29 is 17.9 Å². The normalized spacial score (nSPS) is 14.5. The minimum atomic E-state index is -3.99. The second-order valence-electron chi connectivity index (χ2n) is 7.31. The Balaban J connectivity index is 1.97. The molecule has 11 nitrogen and oxygen atoms in total. The summed E-state index contributed by atoms with van der Waals surface area (Å²) in [6.07, 6.45) is 2.54. The van der Waals surface area contributed by atoms with Crippen molar-refractivity contribution >= 4 is 27.6 Å². The minimum Gasteiger partial charge on any atom is -0.481 e. The number of anilines is 1. The van der Waals surface area contributed by atoms with Gasteiger partial charge in [0.1, 0.15) is 17.0 Å². The van der Waals surface area contributed by atoms with Gasteiger partial charge in [-0.25, -0.2) is 23.4 Å². The molecule has 33 heavy (non-hydrogen) atoms. The van der Waals surface area contributed by atoms with Crippen LogP contribution >= 0.6 is 11.6 Å². The van der Waals surface area contributed by atoms with Gasteiger partial charge in [-0.2, -0.15) is 0 Å². The summed E-state index contributed by atoms with van der Waals surface area (Å²) in [4.78, 5) is 12.6. The maximum atomic E-state index is 13.3. The molecule has 0 aliphatic carbocycles. The third kappa shape index (κ3) is 5.40. The van der Waals surface area contributed by atoms with E-state index in [9.17, 15) is 8.42 Å². The summed E-state index contributed by atoms with van der Waals surface area (Å²) < 4.78 is 41.4. The lowest BCUT2D eigenvalue weighted by molar-refractivity contribution is 0.0950. The maximum Gasteiger partial charge on any atom is 0.240 e. The molecule has 0 amide bonds. The predicted molar refractivity (Wildman–Crippen MR) is 124 cm³/mol. The van der Waals surface area contributed by atoms with Crippen LogP contribution in [0.3, 0.4) is 0 Å². The predicted octanol–water partition coefficient (Wildman–Crippen LogP) is 3.28. The molecule has 3 unspecified atom stereocenters. The third-order valence-electron chi connectivity index (χ3n) is 5.19. The van der Waals surface area contributed by atoms with E-state index in [-0.39, 0.29) is 17.8 Å². The first-order valence-corrected chi connectivity index (χ1v) is 12.1. The van der Waals surface area contributed by atoms with Crippen molar-refractivity contribution in [2.24, 2.45) is 0 Å². The minimum absolute atomic E-state index is 0.0719. The smallest absolute Gasteiger partial charge is 0.240 e. The van der Waals surface area contributed by atoms with Crippen LogP contribution in [0.4, 0.5) is 5.95 Å². The number of nitrogens with zero attached hydrogens (tertiary/aromatic N) is 6. The lowest BCUT2D eigenvalue weighted by Crippen LogP contribution is -2.33.